The molecule has 1 heterocycles. The summed E-state index contributed by atoms with van der Waals surface area (Å²) in [5.41, 5.74) is 1.17. The summed E-state index contributed by atoms with van der Waals surface area (Å²) < 4.78 is 52.9. The van der Waals surface area contributed by atoms with Gasteiger partial charge >= 0.3 is 12.2 Å². The molecule has 0 saturated heterocycles. The SMILES string of the molecule is CNS(=O)(=O)Nc1cccc(CN2Cc3cc(C)c(OC(=O)N(C)C)cc3OC2=O)c1F. The molecule has 2 aromatic rings. The first kappa shape index (κ1) is 23.3. The van der Waals surface area contributed by atoms with Gasteiger partial charge in [0, 0.05) is 38.3 Å². The lowest BCUT2D eigenvalue weighted by Gasteiger charge is -2.29. The van der Waals surface area contributed by atoms with Gasteiger partial charge < -0.3 is 14.4 Å². The van der Waals surface area contributed by atoms with Crippen LogP contribution >= 0.6 is 0 Å². The van der Waals surface area contributed by atoms with Gasteiger partial charge in [-0.2, -0.15) is 8.42 Å². The van der Waals surface area contributed by atoms with E-state index in [-0.39, 0.29) is 35.8 Å². The smallest absolute Gasteiger partial charge is 0.410 e. The molecule has 2 aromatic carbocycles. The van der Waals surface area contributed by atoms with Crippen LogP contribution in [0.25, 0.3) is 0 Å². The van der Waals surface area contributed by atoms with Crippen LogP contribution in [0.1, 0.15) is 16.7 Å². The molecule has 0 spiro atoms. The van der Waals surface area contributed by atoms with Crippen molar-refractivity contribution in [2.45, 2.75) is 20.0 Å². The van der Waals surface area contributed by atoms with E-state index in [2.05, 4.69) is 4.72 Å². The summed E-state index contributed by atoms with van der Waals surface area (Å²) in [5, 5.41) is 0. The van der Waals surface area contributed by atoms with Crippen molar-refractivity contribution in [3.8, 4) is 11.5 Å². The van der Waals surface area contributed by atoms with Crippen LogP contribution < -0.4 is 18.9 Å². The first-order valence-electron chi connectivity index (χ1n) is 9.49. The highest BCUT2D eigenvalue weighted by Crippen LogP contribution is 2.34. The van der Waals surface area contributed by atoms with Crippen molar-refractivity contribution < 1.29 is 31.9 Å². The molecule has 1 aliphatic rings. The van der Waals surface area contributed by atoms with Crippen molar-refractivity contribution in [1.82, 2.24) is 14.5 Å². The minimum atomic E-state index is -3.90. The number of hydrogen-bond acceptors (Lipinski definition) is 6. The number of ether oxygens (including phenoxy) is 2. The van der Waals surface area contributed by atoms with Crippen molar-refractivity contribution in [2.75, 3.05) is 25.9 Å². The number of rotatable bonds is 6. The lowest BCUT2D eigenvalue weighted by molar-refractivity contribution is 0.134. The number of aryl methyl sites for hydroxylation is 1. The Kier molecular flexibility index (Phi) is 6.55. The van der Waals surface area contributed by atoms with E-state index in [4.69, 9.17) is 9.47 Å². The van der Waals surface area contributed by atoms with Crippen LogP contribution in [0.3, 0.4) is 0 Å². The zero-order chi connectivity index (χ0) is 23.6. The Labute approximate surface area is 185 Å². The number of anilines is 1. The first-order valence-corrected chi connectivity index (χ1v) is 11.0. The molecular weight excluding hydrogens is 443 g/mol. The molecule has 2 amide bonds. The average molecular weight is 466 g/mol. The van der Waals surface area contributed by atoms with E-state index in [0.29, 0.717) is 11.1 Å². The molecule has 0 saturated carbocycles. The highest BCUT2D eigenvalue weighted by molar-refractivity contribution is 7.90. The van der Waals surface area contributed by atoms with Crippen LogP contribution in [0.5, 0.6) is 11.5 Å². The molecule has 10 nitrogen and oxygen atoms in total. The van der Waals surface area contributed by atoms with E-state index >= 15 is 0 Å². The fourth-order valence-corrected chi connectivity index (χ4v) is 3.52. The number of nitrogens with one attached hydrogen (secondary N) is 2. The maximum Gasteiger partial charge on any atom is 0.415 e. The largest absolute Gasteiger partial charge is 0.415 e. The topological polar surface area (TPSA) is 117 Å². The van der Waals surface area contributed by atoms with Gasteiger partial charge in [0.15, 0.2) is 5.82 Å². The lowest BCUT2D eigenvalue weighted by atomic mass is 10.1. The van der Waals surface area contributed by atoms with E-state index < -0.39 is 28.2 Å². The molecule has 0 atom stereocenters. The molecule has 0 radical (unpaired) electrons. The number of nitrogens with zero attached hydrogens (tertiary/aromatic N) is 2. The molecule has 32 heavy (non-hydrogen) atoms. The van der Waals surface area contributed by atoms with Crippen molar-refractivity contribution in [2.24, 2.45) is 0 Å². The van der Waals surface area contributed by atoms with Gasteiger partial charge in [0.05, 0.1) is 18.8 Å². The number of fused-ring (bicyclic) bond motifs is 1. The van der Waals surface area contributed by atoms with E-state index in [1.165, 1.54) is 41.1 Å². The highest BCUT2D eigenvalue weighted by atomic mass is 32.2. The van der Waals surface area contributed by atoms with Gasteiger partial charge in [-0.3, -0.25) is 9.62 Å². The summed E-state index contributed by atoms with van der Waals surface area (Å²) in [5.74, 6) is -0.291. The molecular formula is C20H23FN4O6S. The Hall–Kier alpha value is -3.38. The predicted octanol–water partition coefficient (Wildman–Crippen LogP) is 2.59. The van der Waals surface area contributed by atoms with Crippen molar-refractivity contribution in [3.63, 3.8) is 0 Å². The van der Waals surface area contributed by atoms with Crippen LogP contribution in [0.2, 0.25) is 0 Å². The van der Waals surface area contributed by atoms with Crippen LogP contribution in [0.4, 0.5) is 19.7 Å². The average Bonchev–Trinajstić information content (AvgIpc) is 2.72. The maximum atomic E-state index is 14.8. The zero-order valence-corrected chi connectivity index (χ0v) is 18.7. The van der Waals surface area contributed by atoms with Crippen LogP contribution in [-0.4, -0.2) is 51.5 Å². The number of amides is 2. The summed E-state index contributed by atoms with van der Waals surface area (Å²) in [6, 6.07) is 7.39. The third kappa shape index (κ3) is 5.08. The van der Waals surface area contributed by atoms with Gasteiger partial charge in [0.1, 0.15) is 11.5 Å². The van der Waals surface area contributed by atoms with Crippen molar-refractivity contribution in [3.05, 3.63) is 52.8 Å². The van der Waals surface area contributed by atoms with Gasteiger partial charge in [0.2, 0.25) is 0 Å². The number of halogens is 1. The Morgan fingerprint density at radius 1 is 1.31 bits per heavy atom. The summed E-state index contributed by atoms with van der Waals surface area (Å²) in [7, 11) is 0.387. The quantitative estimate of drug-likeness (QED) is 0.676. The lowest BCUT2D eigenvalue weighted by Crippen LogP contribution is -2.37. The Morgan fingerprint density at radius 3 is 2.69 bits per heavy atom. The van der Waals surface area contributed by atoms with Gasteiger partial charge in [-0.05, 0) is 24.6 Å². The van der Waals surface area contributed by atoms with Gasteiger partial charge in [-0.1, -0.05) is 12.1 Å². The number of benzene rings is 2. The predicted molar refractivity (Wildman–Crippen MR) is 114 cm³/mol. The number of hydrogen-bond donors (Lipinski definition) is 2. The van der Waals surface area contributed by atoms with E-state index in [1.54, 1.807) is 27.1 Å². The zero-order valence-electron chi connectivity index (χ0n) is 17.9. The molecule has 0 bridgehead atoms. The van der Waals surface area contributed by atoms with Gasteiger partial charge in [-0.25, -0.2) is 18.7 Å². The fourth-order valence-electron chi connectivity index (χ4n) is 2.97. The van der Waals surface area contributed by atoms with Crippen LogP contribution in [-0.2, 0) is 23.3 Å². The van der Waals surface area contributed by atoms with E-state index in [1.807, 2.05) is 4.72 Å². The molecule has 0 fully saturated rings. The second kappa shape index (κ2) is 9.01. The van der Waals surface area contributed by atoms with Crippen molar-refractivity contribution >= 4 is 28.1 Å². The second-order valence-electron chi connectivity index (χ2n) is 7.30. The Morgan fingerprint density at radius 2 is 2.03 bits per heavy atom. The molecule has 1 aliphatic heterocycles. The minimum absolute atomic E-state index is 0.106. The second-order valence-corrected chi connectivity index (χ2v) is 8.92. The molecule has 0 aliphatic carbocycles. The maximum absolute atomic E-state index is 14.8. The summed E-state index contributed by atoms with van der Waals surface area (Å²) in [6.07, 6.45) is -1.28. The van der Waals surface area contributed by atoms with E-state index in [0.717, 1.165) is 0 Å². The molecule has 2 N–H and O–H groups in total. The molecule has 3 rings (SSSR count). The number of carbonyl (C=O) groups excluding carboxylic acids is 2. The summed E-state index contributed by atoms with van der Waals surface area (Å²) in [4.78, 5) is 26.9. The van der Waals surface area contributed by atoms with Crippen LogP contribution in [0.15, 0.2) is 30.3 Å². The Bertz CT molecular complexity index is 1170. The minimum Gasteiger partial charge on any atom is -0.410 e. The molecule has 0 aromatic heterocycles. The van der Waals surface area contributed by atoms with E-state index in [9.17, 15) is 22.4 Å². The number of carbonyl (C=O) groups is 2. The van der Waals surface area contributed by atoms with Gasteiger partial charge in [0.25, 0.3) is 10.2 Å². The molecule has 172 valence electrons. The monoisotopic (exact) mass is 466 g/mol. The van der Waals surface area contributed by atoms with Crippen LogP contribution in [0, 0.1) is 12.7 Å². The summed E-state index contributed by atoms with van der Waals surface area (Å²) in [6.45, 7) is 1.73. The first-order chi connectivity index (χ1) is 15.0. The molecule has 0 unspecified atom stereocenters. The standard InChI is InChI=1S/C20H23FN4O6S/c1-12-8-14-11-25(20(27)31-17(14)9-16(12)30-19(26)24(3)4)10-13-6-5-7-15(18(13)21)23-32(28,29)22-2/h5-9,22-23H,10-11H2,1-4H3. The van der Waals surface area contributed by atoms with Crippen molar-refractivity contribution in [1.29, 1.82) is 0 Å². The fraction of sp³-hybridized carbons (Fsp3) is 0.300. The Balaban J connectivity index is 1.82. The summed E-state index contributed by atoms with van der Waals surface area (Å²) >= 11 is 0. The normalized spacial score (nSPS) is 13.3. The third-order valence-electron chi connectivity index (χ3n) is 4.69. The highest BCUT2D eigenvalue weighted by Gasteiger charge is 2.28. The third-order valence-corrected chi connectivity index (χ3v) is 5.72. The molecule has 12 heteroatoms. The van der Waals surface area contributed by atoms with Gasteiger partial charge in [-0.15, -0.1) is 0 Å².